The number of likely N-dealkylation sites (tertiary alicyclic amines) is 1. The van der Waals surface area contributed by atoms with E-state index < -0.39 is 0 Å². The Morgan fingerprint density at radius 2 is 2.00 bits per heavy atom. The third kappa shape index (κ3) is 2.22. The molecule has 1 aliphatic heterocycles. The normalized spacial score (nSPS) is 29.2. The van der Waals surface area contributed by atoms with Crippen LogP contribution >= 0.6 is 0 Å². The fourth-order valence-corrected chi connectivity index (χ4v) is 3.52. The van der Waals surface area contributed by atoms with Gasteiger partial charge >= 0.3 is 0 Å². The largest absolute Gasteiger partial charge is 0.504 e. The van der Waals surface area contributed by atoms with Crippen LogP contribution in [0.5, 0.6) is 11.5 Å². The van der Waals surface area contributed by atoms with Crippen LogP contribution in [0.1, 0.15) is 29.6 Å². The van der Waals surface area contributed by atoms with Crippen molar-refractivity contribution in [3.8, 4) is 11.5 Å². The van der Waals surface area contributed by atoms with E-state index >= 15 is 0 Å². The lowest BCUT2D eigenvalue weighted by Crippen LogP contribution is -2.38. The summed E-state index contributed by atoms with van der Waals surface area (Å²) in [5.74, 6) is 0.344. The molecule has 1 saturated heterocycles. The SMILES string of the molecule is NC1CCCC2CN(C(=O)c3ccc(O)c(O)c3)CC12. The molecule has 5 nitrogen and oxygen atoms in total. The molecule has 1 amide bonds. The van der Waals surface area contributed by atoms with Crippen LogP contribution < -0.4 is 5.73 Å². The van der Waals surface area contributed by atoms with Crippen molar-refractivity contribution in [1.82, 2.24) is 4.90 Å². The van der Waals surface area contributed by atoms with Crippen molar-refractivity contribution in [3.63, 3.8) is 0 Å². The van der Waals surface area contributed by atoms with E-state index in [1.807, 2.05) is 4.90 Å². The molecule has 1 aliphatic carbocycles. The Kier molecular flexibility index (Phi) is 3.30. The van der Waals surface area contributed by atoms with E-state index in [0.717, 1.165) is 25.8 Å². The number of nitrogens with zero attached hydrogens (tertiary/aromatic N) is 1. The van der Waals surface area contributed by atoms with Gasteiger partial charge in [-0.2, -0.15) is 0 Å². The third-order valence-electron chi connectivity index (χ3n) is 4.66. The number of carbonyl (C=O) groups excluding carboxylic acids is 1. The zero-order valence-corrected chi connectivity index (χ0v) is 11.3. The standard InChI is InChI=1S/C15H20N2O3/c16-12-3-1-2-10-7-17(8-11(10)12)15(20)9-4-5-13(18)14(19)6-9/h4-6,10-12,18-19H,1-3,7-8,16H2. The highest BCUT2D eigenvalue weighted by Gasteiger charge is 2.40. The summed E-state index contributed by atoms with van der Waals surface area (Å²) in [6.07, 6.45) is 3.33. The van der Waals surface area contributed by atoms with Crippen LogP contribution in [0.2, 0.25) is 0 Å². The first kappa shape index (κ1) is 13.2. The van der Waals surface area contributed by atoms with Crippen molar-refractivity contribution in [2.75, 3.05) is 13.1 Å². The zero-order chi connectivity index (χ0) is 14.3. The van der Waals surface area contributed by atoms with Crippen LogP contribution in [0.15, 0.2) is 18.2 Å². The monoisotopic (exact) mass is 276 g/mol. The predicted molar refractivity (Wildman–Crippen MR) is 74.5 cm³/mol. The summed E-state index contributed by atoms with van der Waals surface area (Å²) in [7, 11) is 0. The Balaban J connectivity index is 1.76. The van der Waals surface area contributed by atoms with Gasteiger partial charge in [-0.1, -0.05) is 6.42 Å². The maximum atomic E-state index is 12.5. The summed E-state index contributed by atoms with van der Waals surface area (Å²) in [6, 6.07) is 4.40. The Bertz CT molecular complexity index is 532. The molecule has 3 unspecified atom stereocenters. The Hall–Kier alpha value is -1.75. The van der Waals surface area contributed by atoms with Gasteiger partial charge in [-0.25, -0.2) is 0 Å². The van der Waals surface area contributed by atoms with Crippen molar-refractivity contribution >= 4 is 5.91 Å². The highest BCUT2D eigenvalue weighted by molar-refractivity contribution is 5.95. The average Bonchev–Trinajstić information content (AvgIpc) is 2.86. The number of benzene rings is 1. The molecule has 1 saturated carbocycles. The molecule has 20 heavy (non-hydrogen) atoms. The van der Waals surface area contributed by atoms with Crippen LogP contribution in [0.25, 0.3) is 0 Å². The second kappa shape index (κ2) is 4.98. The first-order chi connectivity index (χ1) is 9.56. The predicted octanol–water partition coefficient (Wildman–Crippen LogP) is 1.30. The molecule has 1 aromatic rings. The topological polar surface area (TPSA) is 86.8 Å². The number of phenols is 2. The van der Waals surface area contributed by atoms with E-state index in [-0.39, 0.29) is 23.4 Å². The number of rotatable bonds is 1. The lowest BCUT2D eigenvalue weighted by molar-refractivity contribution is 0.0783. The fraction of sp³-hybridized carbons (Fsp3) is 0.533. The Morgan fingerprint density at radius 3 is 2.70 bits per heavy atom. The van der Waals surface area contributed by atoms with Gasteiger partial charge in [-0.3, -0.25) is 4.79 Å². The van der Waals surface area contributed by atoms with Crippen LogP contribution in [-0.4, -0.2) is 40.2 Å². The van der Waals surface area contributed by atoms with Crippen molar-refractivity contribution in [1.29, 1.82) is 0 Å². The van der Waals surface area contributed by atoms with Gasteiger partial charge in [0.2, 0.25) is 0 Å². The highest BCUT2D eigenvalue weighted by atomic mass is 16.3. The van der Waals surface area contributed by atoms with Gasteiger partial charge in [0.25, 0.3) is 5.91 Å². The maximum Gasteiger partial charge on any atom is 0.254 e. The van der Waals surface area contributed by atoms with Crippen molar-refractivity contribution in [2.24, 2.45) is 17.6 Å². The molecular weight excluding hydrogens is 256 g/mol. The smallest absolute Gasteiger partial charge is 0.254 e. The minimum atomic E-state index is -0.260. The molecule has 3 atom stereocenters. The lowest BCUT2D eigenvalue weighted by Gasteiger charge is -2.29. The van der Waals surface area contributed by atoms with Gasteiger partial charge in [0, 0.05) is 24.7 Å². The van der Waals surface area contributed by atoms with Crippen LogP contribution in [0.4, 0.5) is 0 Å². The van der Waals surface area contributed by atoms with Gasteiger partial charge in [0.15, 0.2) is 11.5 Å². The van der Waals surface area contributed by atoms with Gasteiger partial charge in [0.1, 0.15) is 0 Å². The van der Waals surface area contributed by atoms with E-state index in [0.29, 0.717) is 23.9 Å². The molecule has 2 aliphatic rings. The summed E-state index contributed by atoms with van der Waals surface area (Å²) in [6.45, 7) is 1.45. The molecule has 1 aromatic carbocycles. The molecule has 1 heterocycles. The highest BCUT2D eigenvalue weighted by Crippen LogP contribution is 2.36. The van der Waals surface area contributed by atoms with Crippen LogP contribution in [0, 0.1) is 11.8 Å². The molecule has 0 radical (unpaired) electrons. The van der Waals surface area contributed by atoms with E-state index in [1.165, 1.54) is 12.1 Å². The Morgan fingerprint density at radius 1 is 1.20 bits per heavy atom. The van der Waals surface area contributed by atoms with Crippen LogP contribution in [-0.2, 0) is 0 Å². The summed E-state index contributed by atoms with van der Waals surface area (Å²) in [5.41, 5.74) is 6.56. The molecule has 3 rings (SSSR count). The van der Waals surface area contributed by atoms with E-state index in [4.69, 9.17) is 5.73 Å². The van der Waals surface area contributed by atoms with E-state index in [1.54, 1.807) is 6.07 Å². The molecule has 5 heteroatoms. The van der Waals surface area contributed by atoms with Crippen LogP contribution in [0.3, 0.4) is 0 Å². The van der Waals surface area contributed by atoms with Gasteiger partial charge in [-0.05, 0) is 42.9 Å². The number of amides is 1. The third-order valence-corrected chi connectivity index (χ3v) is 4.66. The van der Waals surface area contributed by atoms with E-state index in [2.05, 4.69) is 0 Å². The number of hydrogen-bond donors (Lipinski definition) is 3. The number of fused-ring (bicyclic) bond motifs is 1. The van der Waals surface area contributed by atoms with Crippen molar-refractivity contribution < 1.29 is 15.0 Å². The minimum Gasteiger partial charge on any atom is -0.504 e. The van der Waals surface area contributed by atoms with Crippen molar-refractivity contribution in [3.05, 3.63) is 23.8 Å². The molecule has 0 bridgehead atoms. The molecular formula is C15H20N2O3. The number of phenolic OH excluding ortho intramolecular Hbond substituents is 2. The molecule has 0 aromatic heterocycles. The molecule has 0 spiro atoms. The molecule has 4 N–H and O–H groups in total. The maximum absolute atomic E-state index is 12.5. The summed E-state index contributed by atoms with van der Waals surface area (Å²) in [5, 5.41) is 18.8. The zero-order valence-electron chi connectivity index (χ0n) is 11.3. The second-order valence-electron chi connectivity index (χ2n) is 5.93. The molecule has 2 fully saturated rings. The van der Waals surface area contributed by atoms with Gasteiger partial charge in [-0.15, -0.1) is 0 Å². The fourth-order valence-electron chi connectivity index (χ4n) is 3.52. The second-order valence-corrected chi connectivity index (χ2v) is 5.93. The van der Waals surface area contributed by atoms with Gasteiger partial charge in [0.05, 0.1) is 0 Å². The lowest BCUT2D eigenvalue weighted by atomic mass is 9.78. The summed E-state index contributed by atoms with van der Waals surface area (Å²) < 4.78 is 0. The van der Waals surface area contributed by atoms with Crippen molar-refractivity contribution in [2.45, 2.75) is 25.3 Å². The minimum absolute atomic E-state index is 0.0955. The summed E-state index contributed by atoms with van der Waals surface area (Å²) >= 11 is 0. The number of carbonyl (C=O) groups is 1. The number of hydrogen-bond acceptors (Lipinski definition) is 4. The summed E-state index contributed by atoms with van der Waals surface area (Å²) in [4.78, 5) is 14.3. The molecule has 108 valence electrons. The first-order valence-electron chi connectivity index (χ1n) is 7.13. The van der Waals surface area contributed by atoms with Gasteiger partial charge < -0.3 is 20.8 Å². The Labute approximate surface area is 118 Å². The average molecular weight is 276 g/mol. The number of nitrogens with two attached hydrogens (primary N) is 1. The quantitative estimate of drug-likeness (QED) is 0.675. The van der Waals surface area contributed by atoms with E-state index in [9.17, 15) is 15.0 Å². The number of aromatic hydroxyl groups is 2. The first-order valence-corrected chi connectivity index (χ1v) is 7.13.